The van der Waals surface area contributed by atoms with E-state index in [9.17, 15) is 0 Å². The molecule has 1 aromatic heterocycles. The van der Waals surface area contributed by atoms with Crippen molar-refractivity contribution in [2.45, 2.75) is 13.5 Å². The van der Waals surface area contributed by atoms with Crippen molar-refractivity contribution in [2.75, 3.05) is 11.5 Å². The molecule has 0 aliphatic carbocycles. The Morgan fingerprint density at radius 1 is 1.12 bits per heavy atom. The van der Waals surface area contributed by atoms with Gasteiger partial charge < -0.3 is 17.2 Å². The second-order valence-corrected chi connectivity index (χ2v) is 3.80. The highest BCUT2D eigenvalue weighted by molar-refractivity contribution is 5.71. The van der Waals surface area contributed by atoms with Crippen LogP contribution in [-0.4, -0.2) is 9.97 Å². The molecule has 0 fully saturated rings. The Kier molecular flexibility index (Phi) is 2.93. The van der Waals surface area contributed by atoms with Gasteiger partial charge in [-0.25, -0.2) is 4.98 Å². The van der Waals surface area contributed by atoms with Gasteiger partial charge in [-0.2, -0.15) is 4.98 Å². The first-order chi connectivity index (χ1) is 8.13. The second-order valence-electron chi connectivity index (χ2n) is 3.80. The first kappa shape index (κ1) is 11.3. The molecule has 0 atom stereocenters. The minimum Gasteiger partial charge on any atom is -0.383 e. The highest BCUT2D eigenvalue weighted by Crippen LogP contribution is 2.27. The third kappa shape index (κ3) is 2.05. The lowest BCUT2D eigenvalue weighted by atomic mass is 10.0. The zero-order valence-electron chi connectivity index (χ0n) is 9.64. The second kappa shape index (κ2) is 4.39. The number of aromatic nitrogens is 2. The zero-order valence-corrected chi connectivity index (χ0v) is 9.64. The van der Waals surface area contributed by atoms with Crippen molar-refractivity contribution in [3.63, 3.8) is 0 Å². The van der Waals surface area contributed by atoms with Gasteiger partial charge >= 0.3 is 0 Å². The van der Waals surface area contributed by atoms with Crippen LogP contribution in [0, 0.1) is 6.92 Å². The predicted molar refractivity (Wildman–Crippen MR) is 68.9 cm³/mol. The summed E-state index contributed by atoms with van der Waals surface area (Å²) in [4.78, 5) is 8.17. The van der Waals surface area contributed by atoms with E-state index in [1.165, 1.54) is 0 Å². The minimum absolute atomic E-state index is 0.176. The van der Waals surface area contributed by atoms with Gasteiger partial charge in [0.05, 0.1) is 5.69 Å². The molecule has 17 heavy (non-hydrogen) atoms. The summed E-state index contributed by atoms with van der Waals surface area (Å²) in [6, 6.07) is 7.79. The largest absolute Gasteiger partial charge is 0.383 e. The van der Waals surface area contributed by atoms with Crippen molar-refractivity contribution < 1.29 is 0 Å². The fourth-order valence-electron chi connectivity index (χ4n) is 1.74. The first-order valence-electron chi connectivity index (χ1n) is 5.31. The summed E-state index contributed by atoms with van der Waals surface area (Å²) < 4.78 is 0. The van der Waals surface area contributed by atoms with Crippen LogP contribution in [0.3, 0.4) is 0 Å². The van der Waals surface area contributed by atoms with E-state index >= 15 is 0 Å². The van der Waals surface area contributed by atoms with E-state index in [0.29, 0.717) is 12.4 Å². The van der Waals surface area contributed by atoms with E-state index in [2.05, 4.69) is 9.97 Å². The normalized spacial score (nSPS) is 10.5. The third-order valence-corrected chi connectivity index (χ3v) is 2.69. The molecular weight excluding hydrogens is 214 g/mol. The predicted octanol–water partition coefficient (Wildman–Crippen LogP) is 1.08. The zero-order chi connectivity index (χ0) is 12.4. The van der Waals surface area contributed by atoms with Crippen molar-refractivity contribution in [2.24, 2.45) is 5.73 Å². The molecule has 0 saturated carbocycles. The van der Waals surface area contributed by atoms with Gasteiger partial charge in [0.2, 0.25) is 5.95 Å². The van der Waals surface area contributed by atoms with Crippen molar-refractivity contribution >= 4 is 11.8 Å². The molecular formula is C12H15N5. The number of hydrogen-bond acceptors (Lipinski definition) is 5. The summed E-state index contributed by atoms with van der Waals surface area (Å²) in [6.45, 7) is 2.32. The van der Waals surface area contributed by atoms with Crippen molar-refractivity contribution in [3.05, 3.63) is 35.4 Å². The highest BCUT2D eigenvalue weighted by Gasteiger charge is 2.11. The number of nitrogens with two attached hydrogens (primary N) is 3. The van der Waals surface area contributed by atoms with Gasteiger partial charge in [-0.05, 0) is 12.5 Å². The van der Waals surface area contributed by atoms with Crippen molar-refractivity contribution in [1.82, 2.24) is 9.97 Å². The van der Waals surface area contributed by atoms with E-state index < -0.39 is 0 Å². The highest BCUT2D eigenvalue weighted by atomic mass is 15.0. The third-order valence-electron chi connectivity index (χ3n) is 2.69. The molecule has 0 aliphatic heterocycles. The Balaban J connectivity index is 2.68. The fourth-order valence-corrected chi connectivity index (χ4v) is 1.74. The van der Waals surface area contributed by atoms with Gasteiger partial charge in [-0.1, -0.05) is 24.3 Å². The molecule has 1 aromatic carbocycles. The summed E-state index contributed by atoms with van der Waals surface area (Å²) in [5.74, 6) is 0.578. The Labute approximate surface area is 99.7 Å². The van der Waals surface area contributed by atoms with Gasteiger partial charge in [0.25, 0.3) is 0 Å². The van der Waals surface area contributed by atoms with Gasteiger partial charge in [0.15, 0.2) is 0 Å². The number of benzene rings is 1. The van der Waals surface area contributed by atoms with Crippen molar-refractivity contribution in [1.29, 1.82) is 0 Å². The SMILES string of the molecule is Cc1c(N)nc(N)nc1-c1ccccc1CN. The summed E-state index contributed by atoms with van der Waals surface area (Å²) in [5.41, 5.74) is 20.6. The van der Waals surface area contributed by atoms with E-state index in [1.54, 1.807) is 0 Å². The molecule has 0 radical (unpaired) electrons. The van der Waals surface area contributed by atoms with Crippen LogP contribution in [0.4, 0.5) is 11.8 Å². The minimum atomic E-state index is 0.176. The average molecular weight is 229 g/mol. The number of anilines is 2. The summed E-state index contributed by atoms with van der Waals surface area (Å²) in [6.07, 6.45) is 0. The molecule has 0 amide bonds. The molecule has 2 rings (SSSR count). The smallest absolute Gasteiger partial charge is 0.222 e. The molecule has 0 aliphatic rings. The molecule has 88 valence electrons. The first-order valence-corrected chi connectivity index (χ1v) is 5.31. The molecule has 1 heterocycles. The van der Waals surface area contributed by atoms with Gasteiger partial charge in [0, 0.05) is 17.7 Å². The molecule has 0 spiro atoms. The fraction of sp³-hybridized carbons (Fsp3) is 0.167. The van der Waals surface area contributed by atoms with Crippen LogP contribution in [0.25, 0.3) is 11.3 Å². The van der Waals surface area contributed by atoms with Crippen LogP contribution in [0.5, 0.6) is 0 Å². The molecule has 6 N–H and O–H groups in total. The van der Waals surface area contributed by atoms with Crippen molar-refractivity contribution in [3.8, 4) is 11.3 Å². The molecule has 5 heteroatoms. The Morgan fingerprint density at radius 3 is 2.53 bits per heavy atom. The van der Waals surface area contributed by atoms with Gasteiger partial charge in [0.1, 0.15) is 5.82 Å². The molecule has 5 nitrogen and oxygen atoms in total. The Bertz CT molecular complexity index is 551. The molecule has 2 aromatic rings. The number of nitrogens with zero attached hydrogens (tertiary/aromatic N) is 2. The monoisotopic (exact) mass is 229 g/mol. The van der Waals surface area contributed by atoms with Gasteiger partial charge in [-0.15, -0.1) is 0 Å². The van der Waals surface area contributed by atoms with Gasteiger partial charge in [-0.3, -0.25) is 0 Å². The molecule has 0 saturated heterocycles. The standard InChI is InChI=1S/C12H15N5/c1-7-10(16-12(15)17-11(7)14)9-5-3-2-4-8(9)6-13/h2-5H,6,13H2,1H3,(H4,14,15,16,17). The van der Waals surface area contributed by atoms with E-state index in [-0.39, 0.29) is 5.95 Å². The molecule has 0 bridgehead atoms. The summed E-state index contributed by atoms with van der Waals surface area (Å²) in [7, 11) is 0. The average Bonchev–Trinajstić information content (AvgIpc) is 2.33. The Hall–Kier alpha value is -2.14. The summed E-state index contributed by atoms with van der Waals surface area (Å²) in [5, 5.41) is 0. The number of hydrogen-bond donors (Lipinski definition) is 3. The topological polar surface area (TPSA) is 104 Å². The van der Waals surface area contributed by atoms with Crippen LogP contribution in [-0.2, 0) is 6.54 Å². The van der Waals surface area contributed by atoms with E-state index in [0.717, 1.165) is 22.4 Å². The molecule has 0 unspecified atom stereocenters. The van der Waals surface area contributed by atoms with Crippen LogP contribution >= 0.6 is 0 Å². The number of rotatable bonds is 2. The lowest BCUT2D eigenvalue weighted by Crippen LogP contribution is -2.06. The number of nitrogen functional groups attached to an aromatic ring is 2. The van der Waals surface area contributed by atoms with Crippen LogP contribution in [0.15, 0.2) is 24.3 Å². The maximum absolute atomic E-state index is 5.79. The van der Waals surface area contributed by atoms with Crippen LogP contribution in [0.1, 0.15) is 11.1 Å². The van der Waals surface area contributed by atoms with E-state index in [1.807, 2.05) is 31.2 Å². The summed E-state index contributed by atoms with van der Waals surface area (Å²) >= 11 is 0. The van der Waals surface area contributed by atoms with Crippen LogP contribution in [0.2, 0.25) is 0 Å². The van der Waals surface area contributed by atoms with Crippen LogP contribution < -0.4 is 17.2 Å². The quantitative estimate of drug-likeness (QED) is 0.714. The van der Waals surface area contributed by atoms with E-state index in [4.69, 9.17) is 17.2 Å². The lowest BCUT2D eigenvalue weighted by molar-refractivity contribution is 1.06. The maximum atomic E-state index is 5.79. The Morgan fingerprint density at radius 2 is 1.82 bits per heavy atom. The lowest BCUT2D eigenvalue weighted by Gasteiger charge is -2.11. The maximum Gasteiger partial charge on any atom is 0.222 e.